The van der Waals surface area contributed by atoms with Crippen LogP contribution in [0.2, 0.25) is 0 Å². The van der Waals surface area contributed by atoms with Crippen LogP contribution in [0.1, 0.15) is 58.3 Å². The fourth-order valence-electron chi connectivity index (χ4n) is 4.32. The number of nitrogens with one attached hydrogen (secondary N) is 1. The van der Waals surface area contributed by atoms with E-state index in [-0.39, 0.29) is 18.6 Å². The highest BCUT2D eigenvalue weighted by atomic mass is 31.2. The molecule has 4 rings (SSSR count). The summed E-state index contributed by atoms with van der Waals surface area (Å²) in [6, 6.07) is 0.306. The van der Waals surface area contributed by atoms with Gasteiger partial charge in [-0.3, -0.25) is 9.09 Å². The Labute approximate surface area is 225 Å². The lowest BCUT2D eigenvalue weighted by Crippen LogP contribution is -2.33. The largest absolute Gasteiger partial charge is 0.510 e. The monoisotopic (exact) mass is 573 g/mol. The molecule has 1 saturated heterocycles. The fourth-order valence-corrected chi connectivity index (χ4v) is 4.95. The molecular formula is C23H36N5O10P. The van der Waals surface area contributed by atoms with Crippen molar-refractivity contribution < 1.29 is 47.9 Å². The Morgan fingerprint density at radius 1 is 1.21 bits per heavy atom. The number of carbonyl (C=O) groups is 1. The average molecular weight is 574 g/mol. The van der Waals surface area contributed by atoms with Gasteiger partial charge in [0.05, 0.1) is 25.1 Å². The molecular weight excluding hydrogens is 537 g/mol. The smallest absolute Gasteiger partial charge is 0.434 e. The summed E-state index contributed by atoms with van der Waals surface area (Å²) in [5, 5.41) is 28.8. The summed E-state index contributed by atoms with van der Waals surface area (Å²) >= 11 is 0. The van der Waals surface area contributed by atoms with Crippen molar-refractivity contribution in [3.05, 3.63) is 18.2 Å². The molecule has 0 radical (unpaired) electrons. The van der Waals surface area contributed by atoms with E-state index in [1.54, 1.807) is 0 Å². The van der Waals surface area contributed by atoms with Crippen LogP contribution in [0.3, 0.4) is 0 Å². The minimum Gasteiger partial charge on any atom is -0.434 e. The summed E-state index contributed by atoms with van der Waals surface area (Å²) in [6.45, 7) is 4.55. The third kappa shape index (κ3) is 7.84. The van der Waals surface area contributed by atoms with E-state index in [9.17, 15) is 24.5 Å². The van der Waals surface area contributed by atoms with Gasteiger partial charge >= 0.3 is 13.8 Å². The summed E-state index contributed by atoms with van der Waals surface area (Å²) in [7, 11) is -4.30. The number of imidazole rings is 1. The minimum atomic E-state index is -4.30. The maximum absolute atomic E-state index is 12.2. The van der Waals surface area contributed by atoms with E-state index in [1.807, 2.05) is 20.8 Å². The van der Waals surface area contributed by atoms with Crippen molar-refractivity contribution in [1.29, 1.82) is 0 Å². The van der Waals surface area contributed by atoms with Gasteiger partial charge in [0, 0.05) is 6.04 Å². The van der Waals surface area contributed by atoms with Crippen LogP contribution in [0.4, 0.5) is 10.6 Å². The Kier molecular flexibility index (Phi) is 9.42. The summed E-state index contributed by atoms with van der Waals surface area (Å²) < 4.78 is 38.9. The number of anilines is 1. The number of fused-ring (bicyclic) bond motifs is 1. The number of aliphatic hydroxyl groups excluding tert-OH is 2. The van der Waals surface area contributed by atoms with Crippen LogP contribution in [0.25, 0.3) is 5.65 Å². The molecule has 5 atom stereocenters. The Hall–Kier alpha value is -2.39. The van der Waals surface area contributed by atoms with Crippen LogP contribution in [0.5, 0.6) is 0 Å². The highest BCUT2D eigenvalue weighted by Crippen LogP contribution is 2.42. The Morgan fingerprint density at radius 3 is 2.67 bits per heavy atom. The van der Waals surface area contributed by atoms with Gasteiger partial charge in [0.2, 0.25) is 6.79 Å². The first-order valence-corrected chi connectivity index (χ1v) is 14.5. The number of rotatable bonds is 11. The molecule has 1 saturated carbocycles. The number of aromatic nitrogens is 4. The maximum Gasteiger partial charge on any atom is 0.510 e. The summed E-state index contributed by atoms with van der Waals surface area (Å²) in [5.74, 6) is 0.571. The van der Waals surface area contributed by atoms with Gasteiger partial charge in [-0.05, 0) is 18.3 Å². The average Bonchev–Trinajstić information content (AvgIpc) is 3.59. The minimum absolute atomic E-state index is 0.100. The van der Waals surface area contributed by atoms with Gasteiger partial charge in [0.25, 0.3) is 0 Å². The molecule has 16 heteroatoms. The van der Waals surface area contributed by atoms with Crippen LogP contribution < -0.4 is 5.32 Å². The van der Waals surface area contributed by atoms with E-state index >= 15 is 0 Å². The summed E-state index contributed by atoms with van der Waals surface area (Å²) in [6.07, 6.45) is 0.793. The Bertz CT molecular complexity index is 1170. The number of hydrogen-bond acceptors (Lipinski definition) is 13. The van der Waals surface area contributed by atoms with Gasteiger partial charge in [-0.25, -0.2) is 19.3 Å². The zero-order valence-corrected chi connectivity index (χ0v) is 23.0. The maximum atomic E-state index is 12.2. The van der Waals surface area contributed by atoms with Gasteiger partial charge < -0.3 is 39.4 Å². The number of ether oxygens (including phenoxy) is 4. The molecule has 0 aromatic carbocycles. The van der Waals surface area contributed by atoms with Crippen molar-refractivity contribution in [3.63, 3.8) is 0 Å². The normalized spacial score (nSPS) is 25.6. The molecule has 3 heterocycles. The van der Waals surface area contributed by atoms with E-state index < -0.39 is 51.3 Å². The lowest BCUT2D eigenvalue weighted by molar-refractivity contribution is -0.0434. The molecule has 0 bridgehead atoms. The lowest BCUT2D eigenvalue weighted by Gasteiger charge is -2.18. The zero-order chi connectivity index (χ0) is 28.2. The second-order valence-electron chi connectivity index (χ2n) is 10.9. The van der Waals surface area contributed by atoms with Crippen LogP contribution in [0.15, 0.2) is 12.5 Å². The molecule has 2 aromatic heterocycles. The number of aliphatic hydroxyl groups is 2. The van der Waals surface area contributed by atoms with Gasteiger partial charge in [-0.2, -0.15) is 5.10 Å². The van der Waals surface area contributed by atoms with Gasteiger partial charge in [0.15, 0.2) is 11.5 Å². The van der Waals surface area contributed by atoms with Crippen LogP contribution in [-0.2, 0) is 28.0 Å². The first kappa shape index (κ1) is 29.6. The molecule has 15 nitrogen and oxygen atoms in total. The SMILES string of the molecule is CC(C)(C)COC(=O)OCOP(=O)(O)COC[C@H]1O[C@@H](c2cnc3c(NC4CCCC4)ncnn23)[C@H](O)[C@@H]1O. The first-order chi connectivity index (χ1) is 18.4. The van der Waals surface area contributed by atoms with E-state index in [4.69, 9.17) is 18.7 Å². The molecule has 0 amide bonds. The van der Waals surface area contributed by atoms with Crippen LogP contribution >= 0.6 is 7.60 Å². The van der Waals surface area contributed by atoms with Crippen molar-refractivity contribution >= 4 is 25.2 Å². The van der Waals surface area contributed by atoms with Gasteiger partial charge in [0.1, 0.15) is 37.1 Å². The standard InChI is InChI=1S/C23H36N5O10P/c1-23(2,3)10-35-22(31)36-12-37-39(32,33)13-34-9-16-17(29)18(30)19(38-16)15-8-24-21-20(25-11-26-28(15)21)27-14-6-4-5-7-14/h8,11,14,16-19,29-30H,4-7,9-10,12-13H2,1-3H3,(H,32,33)(H,25,26,27)/t16-,17-,18-,19+/m1/s1. The second-order valence-corrected chi connectivity index (χ2v) is 12.6. The predicted octanol–water partition coefficient (Wildman–Crippen LogP) is 1.97. The van der Waals surface area contributed by atoms with Crippen molar-refractivity contribution in [1.82, 2.24) is 19.6 Å². The molecule has 39 heavy (non-hydrogen) atoms. The highest BCUT2D eigenvalue weighted by molar-refractivity contribution is 7.52. The fraction of sp³-hybridized carbons (Fsp3) is 0.739. The summed E-state index contributed by atoms with van der Waals surface area (Å²) in [5.41, 5.74) is 0.600. The van der Waals surface area contributed by atoms with E-state index in [2.05, 4.69) is 25.1 Å². The third-order valence-corrected chi connectivity index (χ3v) is 7.29. The quantitative estimate of drug-likeness (QED) is 0.173. The van der Waals surface area contributed by atoms with Crippen molar-refractivity contribution in [3.8, 4) is 0 Å². The summed E-state index contributed by atoms with van der Waals surface area (Å²) in [4.78, 5) is 30.1. The third-order valence-electron chi connectivity index (χ3n) is 6.27. The molecule has 218 valence electrons. The van der Waals surface area contributed by atoms with Gasteiger partial charge in [-0.1, -0.05) is 33.6 Å². The predicted molar refractivity (Wildman–Crippen MR) is 135 cm³/mol. The van der Waals surface area contributed by atoms with Gasteiger partial charge in [-0.15, -0.1) is 0 Å². The molecule has 1 aliphatic carbocycles. The number of carbonyl (C=O) groups excluding carboxylic acids is 1. The van der Waals surface area contributed by atoms with E-state index in [0.29, 0.717) is 23.2 Å². The molecule has 4 N–H and O–H groups in total. The molecule has 0 spiro atoms. The Balaban J connectivity index is 1.27. The van der Waals surface area contributed by atoms with Crippen LogP contribution in [-0.4, -0.2) is 91.6 Å². The molecule has 2 aliphatic rings. The van der Waals surface area contributed by atoms with Crippen molar-refractivity contribution in [2.24, 2.45) is 5.41 Å². The van der Waals surface area contributed by atoms with Crippen LogP contribution in [0, 0.1) is 5.41 Å². The second kappa shape index (κ2) is 12.4. The Morgan fingerprint density at radius 2 is 1.95 bits per heavy atom. The molecule has 2 aromatic rings. The zero-order valence-electron chi connectivity index (χ0n) is 22.1. The van der Waals surface area contributed by atoms with Crippen molar-refractivity contribution in [2.75, 3.05) is 31.7 Å². The molecule has 1 unspecified atom stereocenters. The van der Waals surface area contributed by atoms with E-state index in [0.717, 1.165) is 25.7 Å². The molecule has 2 fully saturated rings. The topological polar surface area (TPSA) is 196 Å². The number of nitrogens with zero attached hydrogens (tertiary/aromatic N) is 4. The molecule has 1 aliphatic heterocycles. The lowest BCUT2D eigenvalue weighted by atomic mass is 9.99. The van der Waals surface area contributed by atoms with E-state index in [1.165, 1.54) is 17.0 Å². The number of hydrogen-bond donors (Lipinski definition) is 4. The first-order valence-electron chi connectivity index (χ1n) is 12.7. The highest BCUT2D eigenvalue weighted by Gasteiger charge is 2.45. The van der Waals surface area contributed by atoms with Crippen molar-refractivity contribution in [2.45, 2.75) is 76.9 Å².